The Bertz CT molecular complexity index is 502. The van der Waals surface area contributed by atoms with Crippen molar-refractivity contribution >= 4 is 0 Å². The molecule has 0 bridgehead atoms. The van der Waals surface area contributed by atoms with Crippen molar-refractivity contribution in [3.05, 3.63) is 34.4 Å². The predicted octanol–water partition coefficient (Wildman–Crippen LogP) is 5.81. The van der Waals surface area contributed by atoms with Crippen LogP contribution in [-0.2, 0) is 21.8 Å². The number of benzene rings is 1. The fourth-order valence-corrected chi connectivity index (χ4v) is 2.92. The van der Waals surface area contributed by atoms with E-state index in [1.807, 2.05) is 13.8 Å². The van der Waals surface area contributed by atoms with Crippen molar-refractivity contribution in [1.29, 1.82) is 0 Å². The highest BCUT2D eigenvalue weighted by Gasteiger charge is 2.34. The van der Waals surface area contributed by atoms with Crippen molar-refractivity contribution in [1.82, 2.24) is 0 Å². The minimum Gasteiger partial charge on any atom is -0.386 e. The summed E-state index contributed by atoms with van der Waals surface area (Å²) in [7, 11) is 0. The van der Waals surface area contributed by atoms with Gasteiger partial charge in [0, 0.05) is 0 Å². The van der Waals surface area contributed by atoms with Crippen molar-refractivity contribution in [2.45, 2.75) is 98.0 Å². The normalized spacial score (nSPS) is 14.4. The molecule has 0 aliphatic carbocycles. The molecular formula is C21H36O. The minimum atomic E-state index is -0.846. The summed E-state index contributed by atoms with van der Waals surface area (Å²) >= 11 is 0. The lowest BCUT2D eigenvalue weighted by Crippen LogP contribution is -2.31. The van der Waals surface area contributed by atoms with Crippen LogP contribution in [0, 0.1) is 0 Å². The maximum atomic E-state index is 10.9. The Labute approximate surface area is 138 Å². The summed E-state index contributed by atoms with van der Waals surface area (Å²) in [6.07, 6.45) is 0. The average molecular weight is 305 g/mol. The molecule has 1 heteroatoms. The van der Waals surface area contributed by atoms with Gasteiger partial charge in [0.15, 0.2) is 0 Å². The quantitative estimate of drug-likeness (QED) is 0.694. The van der Waals surface area contributed by atoms with Gasteiger partial charge in [0.2, 0.25) is 0 Å². The second-order valence-corrected chi connectivity index (χ2v) is 10.3. The van der Waals surface area contributed by atoms with Gasteiger partial charge in [0.25, 0.3) is 0 Å². The SMILES string of the molecule is CC(C)(C)c1cc(C(C)(C)C)c(C(C)(C)O)c(C(C)(C)C)c1. The third-order valence-corrected chi connectivity index (χ3v) is 4.23. The van der Waals surface area contributed by atoms with Crippen LogP contribution in [-0.4, -0.2) is 5.11 Å². The first kappa shape index (κ1) is 19.2. The van der Waals surface area contributed by atoms with E-state index in [1.54, 1.807) is 0 Å². The summed E-state index contributed by atoms with van der Waals surface area (Å²) < 4.78 is 0. The molecule has 0 aliphatic rings. The second kappa shape index (κ2) is 5.37. The summed E-state index contributed by atoms with van der Waals surface area (Å²) in [5.41, 5.74) is 4.21. The molecule has 1 nitrogen and oxygen atoms in total. The zero-order valence-electron chi connectivity index (χ0n) is 16.6. The highest BCUT2D eigenvalue weighted by atomic mass is 16.3. The van der Waals surface area contributed by atoms with Crippen molar-refractivity contribution in [2.75, 3.05) is 0 Å². The van der Waals surface area contributed by atoms with E-state index in [2.05, 4.69) is 74.4 Å². The predicted molar refractivity (Wildman–Crippen MR) is 97.8 cm³/mol. The van der Waals surface area contributed by atoms with E-state index in [0.29, 0.717) is 0 Å². The molecule has 0 unspecified atom stereocenters. The van der Waals surface area contributed by atoms with E-state index >= 15 is 0 Å². The summed E-state index contributed by atoms with van der Waals surface area (Å²) in [5.74, 6) is 0. The van der Waals surface area contributed by atoms with E-state index in [-0.39, 0.29) is 16.2 Å². The average Bonchev–Trinajstić information content (AvgIpc) is 2.22. The van der Waals surface area contributed by atoms with E-state index in [0.717, 1.165) is 5.56 Å². The lowest BCUT2D eigenvalue weighted by Gasteiger charge is -2.37. The third-order valence-electron chi connectivity index (χ3n) is 4.23. The van der Waals surface area contributed by atoms with Gasteiger partial charge in [-0.15, -0.1) is 0 Å². The highest BCUT2D eigenvalue weighted by molar-refractivity contribution is 5.49. The number of rotatable bonds is 1. The molecule has 1 N–H and O–H groups in total. The minimum absolute atomic E-state index is 0.00338. The number of aliphatic hydroxyl groups is 1. The van der Waals surface area contributed by atoms with Gasteiger partial charge in [-0.3, -0.25) is 0 Å². The monoisotopic (exact) mass is 304 g/mol. The van der Waals surface area contributed by atoms with Crippen LogP contribution in [0.4, 0.5) is 0 Å². The van der Waals surface area contributed by atoms with Crippen molar-refractivity contribution in [3.63, 3.8) is 0 Å². The summed E-state index contributed by atoms with van der Waals surface area (Å²) in [6.45, 7) is 24.0. The zero-order valence-corrected chi connectivity index (χ0v) is 16.6. The van der Waals surface area contributed by atoms with Crippen LogP contribution in [0.25, 0.3) is 0 Å². The maximum Gasteiger partial charge on any atom is 0.0846 e. The molecule has 0 heterocycles. The summed E-state index contributed by atoms with van der Waals surface area (Å²) in [4.78, 5) is 0. The maximum absolute atomic E-state index is 10.9. The molecular weight excluding hydrogens is 268 g/mol. The first-order valence-electron chi connectivity index (χ1n) is 8.38. The van der Waals surface area contributed by atoms with Crippen LogP contribution in [0.3, 0.4) is 0 Å². The van der Waals surface area contributed by atoms with E-state index in [9.17, 15) is 5.11 Å². The van der Waals surface area contributed by atoms with Crippen LogP contribution in [0.5, 0.6) is 0 Å². The van der Waals surface area contributed by atoms with Crippen LogP contribution >= 0.6 is 0 Å². The van der Waals surface area contributed by atoms with Crippen LogP contribution < -0.4 is 0 Å². The molecule has 0 aliphatic heterocycles. The van der Waals surface area contributed by atoms with Gasteiger partial charge in [0.05, 0.1) is 5.60 Å². The van der Waals surface area contributed by atoms with Gasteiger partial charge in [-0.2, -0.15) is 0 Å². The molecule has 1 aromatic rings. The van der Waals surface area contributed by atoms with E-state index in [4.69, 9.17) is 0 Å². The molecule has 1 rings (SSSR count). The molecule has 0 radical (unpaired) electrons. The molecule has 0 saturated heterocycles. The molecule has 0 atom stereocenters. The zero-order chi connectivity index (χ0) is 17.7. The number of hydrogen-bond acceptors (Lipinski definition) is 1. The van der Waals surface area contributed by atoms with E-state index in [1.165, 1.54) is 16.7 Å². The molecule has 126 valence electrons. The van der Waals surface area contributed by atoms with E-state index < -0.39 is 5.60 Å². The highest BCUT2D eigenvalue weighted by Crippen LogP contribution is 2.42. The van der Waals surface area contributed by atoms with Crippen molar-refractivity contribution < 1.29 is 5.11 Å². The van der Waals surface area contributed by atoms with Crippen molar-refractivity contribution in [2.24, 2.45) is 0 Å². The van der Waals surface area contributed by atoms with Gasteiger partial charge >= 0.3 is 0 Å². The Balaban J connectivity index is 3.96. The Morgan fingerprint density at radius 3 is 1.09 bits per heavy atom. The lowest BCUT2D eigenvalue weighted by atomic mass is 9.69. The molecule has 0 aromatic heterocycles. The van der Waals surface area contributed by atoms with Crippen LogP contribution in [0.15, 0.2) is 12.1 Å². The Hall–Kier alpha value is -0.820. The fourth-order valence-electron chi connectivity index (χ4n) is 2.92. The summed E-state index contributed by atoms with van der Waals surface area (Å²) in [6, 6.07) is 4.62. The lowest BCUT2D eigenvalue weighted by molar-refractivity contribution is 0.0744. The van der Waals surface area contributed by atoms with Crippen molar-refractivity contribution in [3.8, 4) is 0 Å². The first-order valence-corrected chi connectivity index (χ1v) is 8.38. The molecule has 0 fully saturated rings. The topological polar surface area (TPSA) is 20.2 Å². The summed E-state index contributed by atoms with van der Waals surface area (Å²) in [5, 5.41) is 10.9. The largest absolute Gasteiger partial charge is 0.386 e. The Morgan fingerprint density at radius 1 is 0.591 bits per heavy atom. The Morgan fingerprint density at radius 2 is 0.909 bits per heavy atom. The molecule has 0 saturated carbocycles. The van der Waals surface area contributed by atoms with Gasteiger partial charge in [0.1, 0.15) is 0 Å². The number of hydrogen-bond donors (Lipinski definition) is 1. The smallest absolute Gasteiger partial charge is 0.0846 e. The molecule has 0 amide bonds. The van der Waals surface area contributed by atoms with Gasteiger partial charge in [-0.1, -0.05) is 74.4 Å². The molecule has 1 aromatic carbocycles. The van der Waals surface area contributed by atoms with Crippen LogP contribution in [0.1, 0.15) is 98.4 Å². The van der Waals surface area contributed by atoms with Crippen LogP contribution in [0.2, 0.25) is 0 Å². The third kappa shape index (κ3) is 4.13. The second-order valence-electron chi connectivity index (χ2n) is 10.3. The standard InChI is InChI=1S/C21H36O/c1-18(2,3)14-12-15(19(4,5)6)17(21(10,11)22)16(13-14)20(7,8)9/h12-13,22H,1-11H3. The molecule has 0 spiro atoms. The first-order chi connectivity index (χ1) is 9.45. The van der Waals surface area contributed by atoms with Gasteiger partial charge in [-0.05, 0) is 52.3 Å². The Kier molecular flexibility index (Phi) is 4.69. The van der Waals surface area contributed by atoms with Gasteiger partial charge in [-0.25, -0.2) is 0 Å². The molecule has 22 heavy (non-hydrogen) atoms. The fraction of sp³-hybridized carbons (Fsp3) is 0.714. The van der Waals surface area contributed by atoms with Gasteiger partial charge < -0.3 is 5.11 Å².